The van der Waals surface area contributed by atoms with Crippen molar-refractivity contribution in [2.75, 3.05) is 24.0 Å². The first kappa shape index (κ1) is 13.8. The number of rotatable bonds is 6. The van der Waals surface area contributed by atoms with Crippen LogP contribution in [0.1, 0.15) is 18.9 Å². The fourth-order valence-corrected chi connectivity index (χ4v) is 2.06. The van der Waals surface area contributed by atoms with Crippen molar-refractivity contribution in [3.63, 3.8) is 0 Å². The third kappa shape index (κ3) is 3.93. The molecule has 17 heavy (non-hydrogen) atoms. The molecule has 0 fully saturated rings. The van der Waals surface area contributed by atoms with Crippen molar-refractivity contribution in [1.29, 1.82) is 5.41 Å². The highest BCUT2D eigenvalue weighted by Gasteiger charge is 2.11. The van der Waals surface area contributed by atoms with E-state index in [0.29, 0.717) is 6.04 Å². The third-order valence-corrected chi connectivity index (χ3v) is 3.46. The van der Waals surface area contributed by atoms with Gasteiger partial charge in [-0.25, -0.2) is 4.98 Å². The minimum absolute atomic E-state index is 0.0822. The van der Waals surface area contributed by atoms with E-state index in [1.807, 2.05) is 24.9 Å². The van der Waals surface area contributed by atoms with E-state index in [4.69, 9.17) is 11.1 Å². The fraction of sp³-hybridized carbons (Fsp3) is 0.500. The Morgan fingerprint density at radius 1 is 1.65 bits per heavy atom. The summed E-state index contributed by atoms with van der Waals surface area (Å²) in [5, 5.41) is 7.42. The van der Waals surface area contributed by atoms with Crippen molar-refractivity contribution in [3.8, 4) is 0 Å². The zero-order valence-corrected chi connectivity index (χ0v) is 11.4. The lowest BCUT2D eigenvalue weighted by Crippen LogP contribution is -2.30. The second-order valence-corrected chi connectivity index (χ2v) is 5.04. The molecular formula is C12H20N4S. The summed E-state index contributed by atoms with van der Waals surface area (Å²) in [6, 6.07) is 4.04. The van der Waals surface area contributed by atoms with Crippen LogP contribution in [0.25, 0.3) is 0 Å². The number of aromatic nitrogens is 1. The number of nitrogens with two attached hydrogens (primary N) is 1. The molecule has 1 aromatic rings. The number of hydrogen-bond acceptors (Lipinski definition) is 4. The third-order valence-electron chi connectivity index (χ3n) is 2.82. The van der Waals surface area contributed by atoms with Crippen molar-refractivity contribution in [1.82, 2.24) is 4.98 Å². The predicted octanol–water partition coefficient (Wildman–Crippen LogP) is 1.94. The van der Waals surface area contributed by atoms with Gasteiger partial charge in [0.15, 0.2) is 0 Å². The quantitative estimate of drug-likeness (QED) is 0.600. The van der Waals surface area contributed by atoms with Crippen molar-refractivity contribution in [2.24, 2.45) is 5.73 Å². The smallest absolute Gasteiger partial charge is 0.129 e. The van der Waals surface area contributed by atoms with Crippen LogP contribution in [0.4, 0.5) is 5.82 Å². The maximum atomic E-state index is 7.42. The standard InChI is InChI=1S/C12H20N4S/c1-9(5-7-17-3)16(2)11-8-10(12(13)14)4-6-15-11/h4,6,8-9H,5,7H2,1-3H3,(H3,13,14). The van der Waals surface area contributed by atoms with Gasteiger partial charge in [0, 0.05) is 24.8 Å². The molecule has 5 heteroatoms. The molecule has 0 bridgehead atoms. The molecular weight excluding hydrogens is 232 g/mol. The molecule has 0 spiro atoms. The number of anilines is 1. The zero-order valence-electron chi connectivity index (χ0n) is 10.6. The SMILES string of the molecule is CSCCC(C)N(C)c1cc(C(=N)N)ccn1. The summed E-state index contributed by atoms with van der Waals surface area (Å²) in [7, 11) is 2.03. The lowest BCUT2D eigenvalue weighted by molar-refractivity contribution is 0.662. The summed E-state index contributed by atoms with van der Waals surface area (Å²) in [5.41, 5.74) is 6.19. The van der Waals surface area contributed by atoms with E-state index in [0.717, 1.165) is 23.6 Å². The Morgan fingerprint density at radius 3 is 2.94 bits per heavy atom. The van der Waals surface area contributed by atoms with E-state index < -0.39 is 0 Å². The molecule has 4 nitrogen and oxygen atoms in total. The molecule has 3 N–H and O–H groups in total. The minimum Gasteiger partial charge on any atom is -0.384 e. The highest BCUT2D eigenvalue weighted by Crippen LogP contribution is 2.16. The Labute approximate surface area is 107 Å². The Kier molecular flexibility index (Phi) is 5.28. The molecule has 1 atom stereocenters. The monoisotopic (exact) mass is 252 g/mol. The summed E-state index contributed by atoms with van der Waals surface area (Å²) in [5.74, 6) is 2.09. The van der Waals surface area contributed by atoms with Gasteiger partial charge in [-0.2, -0.15) is 11.8 Å². The number of nitrogens with zero attached hydrogens (tertiary/aromatic N) is 2. The van der Waals surface area contributed by atoms with Gasteiger partial charge in [0.05, 0.1) is 0 Å². The molecule has 0 radical (unpaired) electrons. The lowest BCUT2D eigenvalue weighted by atomic mass is 10.2. The fourth-order valence-electron chi connectivity index (χ4n) is 1.49. The van der Waals surface area contributed by atoms with Gasteiger partial charge in [0.1, 0.15) is 11.7 Å². The second-order valence-electron chi connectivity index (χ2n) is 4.06. The van der Waals surface area contributed by atoms with E-state index in [1.54, 1.807) is 12.3 Å². The van der Waals surface area contributed by atoms with E-state index in [2.05, 4.69) is 23.1 Å². The summed E-state index contributed by atoms with van der Waals surface area (Å²) in [6.45, 7) is 2.18. The van der Waals surface area contributed by atoms with Crippen molar-refractivity contribution >= 4 is 23.4 Å². The van der Waals surface area contributed by atoms with E-state index in [-0.39, 0.29) is 5.84 Å². The Bertz CT molecular complexity index is 381. The van der Waals surface area contributed by atoms with Gasteiger partial charge in [-0.1, -0.05) is 0 Å². The van der Waals surface area contributed by atoms with Crippen LogP contribution in [-0.4, -0.2) is 35.9 Å². The van der Waals surface area contributed by atoms with Gasteiger partial charge in [0.25, 0.3) is 0 Å². The molecule has 0 saturated carbocycles. The topological polar surface area (TPSA) is 66.0 Å². The van der Waals surface area contributed by atoms with Crippen LogP contribution < -0.4 is 10.6 Å². The Hall–Kier alpha value is -1.23. The Balaban J connectivity index is 2.77. The van der Waals surface area contributed by atoms with Crippen LogP contribution in [0.2, 0.25) is 0 Å². The van der Waals surface area contributed by atoms with Gasteiger partial charge in [-0.05, 0) is 37.5 Å². The molecule has 0 aliphatic rings. The number of thioether (sulfide) groups is 1. The van der Waals surface area contributed by atoms with Crippen LogP contribution in [0, 0.1) is 5.41 Å². The normalized spacial score (nSPS) is 12.2. The molecule has 0 amide bonds. The molecule has 0 aromatic carbocycles. The van der Waals surface area contributed by atoms with E-state index in [1.165, 1.54) is 0 Å². The molecule has 1 heterocycles. The highest BCUT2D eigenvalue weighted by atomic mass is 32.2. The van der Waals surface area contributed by atoms with Crippen LogP contribution in [0.15, 0.2) is 18.3 Å². The van der Waals surface area contributed by atoms with Gasteiger partial charge in [0.2, 0.25) is 0 Å². The van der Waals surface area contributed by atoms with Crippen LogP contribution in [0.3, 0.4) is 0 Å². The maximum Gasteiger partial charge on any atom is 0.129 e. The van der Waals surface area contributed by atoms with Crippen LogP contribution in [-0.2, 0) is 0 Å². The molecule has 1 rings (SSSR count). The van der Waals surface area contributed by atoms with Crippen molar-refractivity contribution in [3.05, 3.63) is 23.9 Å². The van der Waals surface area contributed by atoms with E-state index in [9.17, 15) is 0 Å². The Morgan fingerprint density at radius 2 is 2.35 bits per heavy atom. The van der Waals surface area contributed by atoms with Gasteiger partial charge in [-0.15, -0.1) is 0 Å². The second kappa shape index (κ2) is 6.49. The van der Waals surface area contributed by atoms with Crippen LogP contribution >= 0.6 is 11.8 Å². The number of nitrogen functional groups attached to an aromatic ring is 1. The zero-order chi connectivity index (χ0) is 12.8. The molecule has 1 aromatic heterocycles. The lowest BCUT2D eigenvalue weighted by Gasteiger charge is -2.26. The van der Waals surface area contributed by atoms with Crippen LogP contribution in [0.5, 0.6) is 0 Å². The van der Waals surface area contributed by atoms with Gasteiger partial charge < -0.3 is 10.6 Å². The summed E-state index contributed by atoms with van der Waals surface area (Å²) in [6.07, 6.45) is 4.93. The number of nitrogens with one attached hydrogen (secondary N) is 1. The molecule has 0 saturated heterocycles. The van der Waals surface area contributed by atoms with E-state index >= 15 is 0 Å². The predicted molar refractivity (Wildman–Crippen MR) is 76.1 cm³/mol. The molecule has 0 aliphatic carbocycles. The first-order chi connectivity index (χ1) is 8.06. The first-order valence-electron chi connectivity index (χ1n) is 5.58. The largest absolute Gasteiger partial charge is 0.384 e. The van der Waals surface area contributed by atoms with Gasteiger partial charge in [-0.3, -0.25) is 5.41 Å². The minimum atomic E-state index is 0.0822. The summed E-state index contributed by atoms with van der Waals surface area (Å²) in [4.78, 5) is 6.45. The average molecular weight is 252 g/mol. The molecule has 0 aliphatic heterocycles. The number of amidine groups is 1. The average Bonchev–Trinajstić information content (AvgIpc) is 2.35. The summed E-state index contributed by atoms with van der Waals surface area (Å²) < 4.78 is 0. The summed E-state index contributed by atoms with van der Waals surface area (Å²) >= 11 is 1.85. The number of pyridine rings is 1. The maximum absolute atomic E-state index is 7.42. The number of hydrogen-bond donors (Lipinski definition) is 2. The first-order valence-corrected chi connectivity index (χ1v) is 6.98. The highest BCUT2D eigenvalue weighted by molar-refractivity contribution is 7.98. The van der Waals surface area contributed by atoms with Crippen molar-refractivity contribution in [2.45, 2.75) is 19.4 Å². The van der Waals surface area contributed by atoms with Crippen molar-refractivity contribution < 1.29 is 0 Å². The molecule has 94 valence electrons. The molecule has 1 unspecified atom stereocenters. The van der Waals surface area contributed by atoms with Gasteiger partial charge >= 0.3 is 0 Å².